The third kappa shape index (κ3) is 4.31. The summed E-state index contributed by atoms with van der Waals surface area (Å²) in [4.78, 5) is 18.2. The van der Waals surface area contributed by atoms with Crippen LogP contribution < -0.4 is 16.8 Å². The summed E-state index contributed by atoms with van der Waals surface area (Å²) in [6.45, 7) is -0.0177. The van der Waals surface area contributed by atoms with Crippen LogP contribution in [0, 0.1) is 5.82 Å². The van der Waals surface area contributed by atoms with Crippen LogP contribution >= 0.6 is 0 Å². The first-order chi connectivity index (χ1) is 15.2. The second-order valence-corrected chi connectivity index (χ2v) is 10.2. The van der Waals surface area contributed by atoms with Crippen LogP contribution in [0.15, 0.2) is 47.5 Å². The van der Waals surface area contributed by atoms with Gasteiger partial charge in [-0.15, -0.1) is 0 Å². The van der Waals surface area contributed by atoms with Gasteiger partial charge in [0.05, 0.1) is 22.1 Å². The minimum atomic E-state index is -3.44. The Morgan fingerprint density at radius 2 is 1.97 bits per heavy atom. The molecule has 0 saturated heterocycles. The lowest BCUT2D eigenvalue weighted by Crippen LogP contribution is -2.32. The quantitative estimate of drug-likeness (QED) is 0.465. The van der Waals surface area contributed by atoms with E-state index in [0.717, 1.165) is 0 Å². The molecule has 0 unspecified atom stereocenters. The van der Waals surface area contributed by atoms with Gasteiger partial charge in [0.2, 0.25) is 5.91 Å². The van der Waals surface area contributed by atoms with Crippen molar-refractivity contribution in [3.63, 3.8) is 0 Å². The number of rotatable bonds is 7. The first-order valence-corrected chi connectivity index (χ1v) is 11.7. The van der Waals surface area contributed by atoms with E-state index in [1.807, 2.05) is 0 Å². The molecule has 1 fully saturated rings. The molecule has 0 aliphatic heterocycles. The Labute approximate surface area is 185 Å². The number of halogens is 1. The van der Waals surface area contributed by atoms with Crippen molar-refractivity contribution in [3.8, 4) is 0 Å². The van der Waals surface area contributed by atoms with Crippen LogP contribution in [0.5, 0.6) is 0 Å². The fourth-order valence-electron chi connectivity index (χ4n) is 3.61. The van der Waals surface area contributed by atoms with E-state index in [1.165, 1.54) is 23.2 Å². The van der Waals surface area contributed by atoms with Gasteiger partial charge in [-0.2, -0.15) is 0 Å². The Kier molecular flexibility index (Phi) is 5.64. The number of aromatic nitrogens is 1. The van der Waals surface area contributed by atoms with Crippen molar-refractivity contribution in [2.45, 2.75) is 29.5 Å². The number of anilines is 3. The van der Waals surface area contributed by atoms with Gasteiger partial charge in [-0.05, 0) is 60.2 Å². The molecule has 0 spiro atoms. The van der Waals surface area contributed by atoms with Crippen LogP contribution in [-0.2, 0) is 21.2 Å². The maximum atomic E-state index is 14.4. The number of hydrogen-bond acceptors (Lipinski definition) is 7. The molecule has 1 heterocycles. The third-order valence-electron chi connectivity index (χ3n) is 5.48. The molecule has 0 radical (unpaired) electrons. The van der Waals surface area contributed by atoms with Crippen LogP contribution in [0.25, 0.3) is 10.8 Å². The zero-order valence-electron chi connectivity index (χ0n) is 17.5. The number of carbonyl (C=O) groups is 1. The molecule has 32 heavy (non-hydrogen) atoms. The molecule has 168 valence electrons. The predicted octanol–water partition coefficient (Wildman–Crippen LogP) is 2.54. The average Bonchev–Trinajstić information content (AvgIpc) is 3.57. The van der Waals surface area contributed by atoms with E-state index in [4.69, 9.17) is 11.5 Å². The highest BCUT2D eigenvalue weighted by atomic mass is 32.2. The van der Waals surface area contributed by atoms with Gasteiger partial charge < -0.3 is 21.7 Å². The SMILES string of the molecule is CN(Cc1cc(N)ccc1S(=O)(=O)C1CC1)C(=O)CNc1cc(F)c2c(N)nccc2c1. The highest BCUT2D eigenvalue weighted by molar-refractivity contribution is 7.92. The van der Waals surface area contributed by atoms with E-state index in [1.54, 1.807) is 31.3 Å². The highest BCUT2D eigenvalue weighted by Crippen LogP contribution is 2.35. The molecule has 8 nitrogen and oxygen atoms in total. The van der Waals surface area contributed by atoms with Crippen molar-refractivity contribution in [2.24, 2.45) is 0 Å². The highest BCUT2D eigenvalue weighted by Gasteiger charge is 2.38. The maximum absolute atomic E-state index is 14.4. The predicted molar refractivity (Wildman–Crippen MR) is 122 cm³/mol. The summed E-state index contributed by atoms with van der Waals surface area (Å²) in [5.41, 5.74) is 12.9. The Balaban J connectivity index is 1.48. The van der Waals surface area contributed by atoms with Gasteiger partial charge in [0.15, 0.2) is 9.84 Å². The van der Waals surface area contributed by atoms with Gasteiger partial charge in [-0.1, -0.05) is 0 Å². The minimum absolute atomic E-state index is 0.0844. The van der Waals surface area contributed by atoms with Crippen molar-refractivity contribution >= 4 is 43.7 Å². The summed E-state index contributed by atoms with van der Waals surface area (Å²) >= 11 is 0. The van der Waals surface area contributed by atoms with Crippen molar-refractivity contribution in [1.82, 2.24) is 9.88 Å². The number of fused-ring (bicyclic) bond motifs is 1. The lowest BCUT2D eigenvalue weighted by atomic mass is 10.1. The number of hydrogen-bond donors (Lipinski definition) is 3. The number of likely N-dealkylation sites (N-methyl/N-ethyl adjacent to an activating group) is 1. The molecule has 1 aliphatic carbocycles. The zero-order chi connectivity index (χ0) is 23.0. The number of nitrogens with one attached hydrogen (secondary N) is 1. The third-order valence-corrected chi connectivity index (χ3v) is 7.84. The second kappa shape index (κ2) is 8.27. The van der Waals surface area contributed by atoms with Gasteiger partial charge in [-0.25, -0.2) is 17.8 Å². The molecule has 1 amide bonds. The number of sulfone groups is 1. The summed E-state index contributed by atoms with van der Waals surface area (Å²) in [5.74, 6) is -0.732. The standard InChI is InChI=1S/C22H24FN5O3S/c1-28(12-14-8-15(24)2-5-19(14)32(30,31)17-3-4-17)20(29)11-27-16-9-13-6-7-26-22(25)21(13)18(23)10-16/h2,5-10,17,27H,3-4,11-12,24H2,1H3,(H2,25,26). The molecular formula is C22H24FN5O3S. The van der Waals surface area contributed by atoms with Crippen LogP contribution in [0.1, 0.15) is 18.4 Å². The summed E-state index contributed by atoms with van der Waals surface area (Å²) in [6, 6.07) is 9.22. The molecule has 0 bridgehead atoms. The van der Waals surface area contributed by atoms with Gasteiger partial charge in [0, 0.05) is 31.2 Å². The van der Waals surface area contributed by atoms with E-state index in [9.17, 15) is 17.6 Å². The van der Waals surface area contributed by atoms with E-state index < -0.39 is 15.7 Å². The summed E-state index contributed by atoms with van der Waals surface area (Å²) < 4.78 is 39.9. The van der Waals surface area contributed by atoms with E-state index in [2.05, 4.69) is 10.3 Å². The fourth-order valence-corrected chi connectivity index (χ4v) is 5.47. The topological polar surface area (TPSA) is 131 Å². The van der Waals surface area contributed by atoms with E-state index in [0.29, 0.717) is 35.2 Å². The Bertz CT molecular complexity index is 1310. The van der Waals surface area contributed by atoms with Crippen LogP contribution in [-0.4, -0.2) is 43.1 Å². The number of benzene rings is 2. The number of nitrogen functional groups attached to an aromatic ring is 2. The summed E-state index contributed by atoms with van der Waals surface area (Å²) in [5, 5.41) is 3.35. The average molecular weight is 458 g/mol. The molecular weight excluding hydrogens is 433 g/mol. The van der Waals surface area contributed by atoms with Crippen LogP contribution in [0.4, 0.5) is 21.6 Å². The van der Waals surface area contributed by atoms with Crippen LogP contribution in [0.2, 0.25) is 0 Å². The molecule has 1 aliphatic rings. The first-order valence-electron chi connectivity index (χ1n) is 10.1. The molecule has 1 aromatic heterocycles. The smallest absolute Gasteiger partial charge is 0.241 e. The van der Waals surface area contributed by atoms with E-state index in [-0.39, 0.29) is 40.3 Å². The molecule has 10 heteroatoms. The molecule has 3 aromatic rings. The lowest BCUT2D eigenvalue weighted by molar-refractivity contribution is -0.128. The van der Waals surface area contributed by atoms with Crippen molar-refractivity contribution in [3.05, 3.63) is 54.0 Å². The lowest BCUT2D eigenvalue weighted by Gasteiger charge is -2.20. The van der Waals surface area contributed by atoms with Crippen LogP contribution in [0.3, 0.4) is 0 Å². The van der Waals surface area contributed by atoms with Crippen molar-refractivity contribution in [1.29, 1.82) is 0 Å². The normalized spacial score (nSPS) is 13.8. The largest absolute Gasteiger partial charge is 0.399 e. The minimum Gasteiger partial charge on any atom is -0.399 e. The number of nitrogens with zero attached hydrogens (tertiary/aromatic N) is 2. The summed E-state index contributed by atoms with van der Waals surface area (Å²) in [6.07, 6.45) is 2.78. The molecule has 0 atom stereocenters. The van der Waals surface area contributed by atoms with Crippen molar-refractivity contribution < 1.29 is 17.6 Å². The van der Waals surface area contributed by atoms with Gasteiger partial charge >= 0.3 is 0 Å². The Morgan fingerprint density at radius 1 is 1.22 bits per heavy atom. The summed E-state index contributed by atoms with van der Waals surface area (Å²) in [7, 11) is -1.86. The Morgan fingerprint density at radius 3 is 2.69 bits per heavy atom. The number of pyridine rings is 1. The van der Waals surface area contributed by atoms with E-state index >= 15 is 0 Å². The maximum Gasteiger partial charge on any atom is 0.241 e. The van der Waals surface area contributed by atoms with Gasteiger partial charge in [-0.3, -0.25) is 4.79 Å². The van der Waals surface area contributed by atoms with Gasteiger partial charge in [0.25, 0.3) is 0 Å². The number of amides is 1. The number of nitrogens with two attached hydrogens (primary N) is 2. The first kappa shape index (κ1) is 21.8. The molecule has 1 saturated carbocycles. The zero-order valence-corrected chi connectivity index (χ0v) is 18.3. The number of carbonyl (C=O) groups excluding carboxylic acids is 1. The van der Waals surface area contributed by atoms with Gasteiger partial charge in [0.1, 0.15) is 11.6 Å². The molecule has 4 rings (SSSR count). The molecule has 5 N–H and O–H groups in total. The Hall–Kier alpha value is -3.40. The fraction of sp³-hybridized carbons (Fsp3) is 0.273. The van der Waals surface area contributed by atoms with Crippen molar-refractivity contribution in [2.75, 3.05) is 30.4 Å². The molecule has 2 aromatic carbocycles. The second-order valence-electron chi connectivity index (χ2n) is 7.97. The monoisotopic (exact) mass is 457 g/mol.